The summed E-state index contributed by atoms with van der Waals surface area (Å²) >= 11 is 0. The van der Waals surface area contributed by atoms with Gasteiger partial charge in [-0.05, 0) is 54.5 Å². The average Bonchev–Trinajstić information content (AvgIpc) is 3.31. The highest BCUT2D eigenvalue weighted by atomic mass is 16.5. The zero-order valence-corrected chi connectivity index (χ0v) is 17.8. The van der Waals surface area contributed by atoms with Gasteiger partial charge in [0.05, 0.1) is 0 Å². The minimum absolute atomic E-state index is 0.473. The van der Waals surface area contributed by atoms with E-state index in [4.69, 9.17) is 9.47 Å². The van der Waals surface area contributed by atoms with Gasteiger partial charge in [0.15, 0.2) is 0 Å². The second-order valence-corrected chi connectivity index (χ2v) is 8.16. The van der Waals surface area contributed by atoms with E-state index in [0.29, 0.717) is 19.1 Å². The molecule has 1 aliphatic carbocycles. The Kier molecular flexibility index (Phi) is 6.53. The van der Waals surface area contributed by atoms with Crippen molar-refractivity contribution in [3.8, 4) is 11.5 Å². The molecule has 0 radical (unpaired) electrons. The Morgan fingerprint density at radius 2 is 1.37 bits per heavy atom. The Morgan fingerprint density at radius 3 is 1.93 bits per heavy atom. The predicted octanol–water partition coefficient (Wildman–Crippen LogP) is 7.54. The van der Waals surface area contributed by atoms with Gasteiger partial charge in [0.2, 0.25) is 0 Å². The highest BCUT2D eigenvalue weighted by Gasteiger charge is 2.27. The van der Waals surface area contributed by atoms with Gasteiger partial charge in [-0.15, -0.1) is 0 Å². The molecule has 0 atom stereocenters. The van der Waals surface area contributed by atoms with Crippen LogP contribution in [0.3, 0.4) is 0 Å². The predicted molar refractivity (Wildman–Crippen MR) is 124 cm³/mol. The molecule has 3 aromatic carbocycles. The zero-order chi connectivity index (χ0) is 20.8. The molecule has 2 nitrogen and oxygen atoms in total. The summed E-state index contributed by atoms with van der Waals surface area (Å²) in [6.45, 7) is 7.37. The number of hydrogen-bond acceptors (Lipinski definition) is 2. The van der Waals surface area contributed by atoms with Crippen LogP contribution >= 0.6 is 0 Å². The standard InChI is InChI=1S/C28H30O2/c1-21(2)25-17-18-26(29-19-22-11-5-3-6-12-22)27(24-15-9-10-16-24)28(25)30-20-23-13-7-4-8-14-23/h3-8,11-14,17-18,24H,1,9-10,15-16,19-20H2,2H3. The summed E-state index contributed by atoms with van der Waals surface area (Å²) < 4.78 is 12.8. The lowest BCUT2D eigenvalue weighted by atomic mass is 9.91. The second kappa shape index (κ2) is 9.67. The fourth-order valence-electron chi connectivity index (χ4n) is 4.27. The van der Waals surface area contributed by atoms with Crippen LogP contribution in [-0.2, 0) is 13.2 Å². The van der Waals surface area contributed by atoms with E-state index in [1.807, 2.05) is 19.1 Å². The molecule has 0 spiro atoms. The van der Waals surface area contributed by atoms with Crippen molar-refractivity contribution in [1.82, 2.24) is 0 Å². The molecule has 0 aromatic heterocycles. The molecule has 0 aliphatic heterocycles. The fraction of sp³-hybridized carbons (Fsp3) is 0.286. The van der Waals surface area contributed by atoms with Gasteiger partial charge in [-0.1, -0.05) is 80.1 Å². The summed E-state index contributed by atoms with van der Waals surface area (Å²) in [7, 11) is 0. The van der Waals surface area contributed by atoms with E-state index in [1.165, 1.54) is 36.8 Å². The lowest BCUT2D eigenvalue weighted by Gasteiger charge is -2.23. The Balaban J connectivity index is 1.69. The SMILES string of the molecule is C=C(C)c1ccc(OCc2ccccc2)c(C2CCCC2)c1OCc1ccccc1. The molecule has 4 rings (SSSR count). The van der Waals surface area contributed by atoms with Crippen LogP contribution in [-0.4, -0.2) is 0 Å². The summed E-state index contributed by atoms with van der Waals surface area (Å²) in [5.41, 5.74) is 5.66. The number of ether oxygens (including phenoxy) is 2. The molecule has 0 N–H and O–H groups in total. The Bertz CT molecular complexity index is 970. The summed E-state index contributed by atoms with van der Waals surface area (Å²) in [4.78, 5) is 0. The van der Waals surface area contributed by atoms with Gasteiger partial charge in [0.1, 0.15) is 24.7 Å². The first-order valence-electron chi connectivity index (χ1n) is 10.9. The molecule has 30 heavy (non-hydrogen) atoms. The van der Waals surface area contributed by atoms with Crippen LogP contribution in [0.5, 0.6) is 11.5 Å². The van der Waals surface area contributed by atoms with Crippen molar-refractivity contribution in [3.05, 3.63) is 102 Å². The first-order valence-corrected chi connectivity index (χ1v) is 10.9. The summed E-state index contributed by atoms with van der Waals surface area (Å²) in [5.74, 6) is 2.36. The van der Waals surface area contributed by atoms with Crippen molar-refractivity contribution in [1.29, 1.82) is 0 Å². The highest BCUT2D eigenvalue weighted by Crippen LogP contribution is 2.47. The van der Waals surface area contributed by atoms with E-state index in [0.717, 1.165) is 28.2 Å². The minimum atomic E-state index is 0.473. The summed E-state index contributed by atoms with van der Waals surface area (Å²) in [6.07, 6.45) is 4.89. The molecule has 0 unspecified atom stereocenters. The van der Waals surface area contributed by atoms with E-state index >= 15 is 0 Å². The second-order valence-electron chi connectivity index (χ2n) is 8.16. The maximum Gasteiger partial charge on any atom is 0.134 e. The van der Waals surface area contributed by atoms with E-state index in [1.54, 1.807) is 0 Å². The topological polar surface area (TPSA) is 18.5 Å². The van der Waals surface area contributed by atoms with E-state index in [2.05, 4.69) is 67.2 Å². The van der Waals surface area contributed by atoms with Gasteiger partial charge in [-0.25, -0.2) is 0 Å². The monoisotopic (exact) mass is 398 g/mol. The smallest absolute Gasteiger partial charge is 0.134 e. The lowest BCUT2D eigenvalue weighted by molar-refractivity contribution is 0.280. The number of rotatable bonds is 8. The van der Waals surface area contributed by atoms with Gasteiger partial charge < -0.3 is 9.47 Å². The molecule has 3 aromatic rings. The van der Waals surface area contributed by atoms with Crippen LogP contribution in [0.25, 0.3) is 5.57 Å². The van der Waals surface area contributed by atoms with E-state index < -0.39 is 0 Å². The van der Waals surface area contributed by atoms with E-state index in [9.17, 15) is 0 Å². The highest BCUT2D eigenvalue weighted by molar-refractivity contribution is 5.71. The molecular weight excluding hydrogens is 368 g/mol. The number of allylic oxidation sites excluding steroid dienone is 1. The molecule has 1 saturated carbocycles. The molecular formula is C28H30O2. The number of hydrogen-bond donors (Lipinski definition) is 0. The number of benzene rings is 3. The van der Waals surface area contributed by atoms with Crippen molar-refractivity contribution >= 4 is 5.57 Å². The molecule has 0 amide bonds. The van der Waals surface area contributed by atoms with Crippen LogP contribution in [0.2, 0.25) is 0 Å². The maximum absolute atomic E-state index is 6.48. The van der Waals surface area contributed by atoms with Crippen LogP contribution < -0.4 is 9.47 Å². The molecule has 0 heterocycles. The largest absolute Gasteiger partial charge is 0.488 e. The third-order valence-corrected chi connectivity index (χ3v) is 5.84. The third kappa shape index (κ3) is 4.76. The van der Waals surface area contributed by atoms with Gasteiger partial charge >= 0.3 is 0 Å². The Hall–Kier alpha value is -3.00. The summed E-state index contributed by atoms with van der Waals surface area (Å²) in [5, 5.41) is 0. The quantitative estimate of drug-likeness (QED) is 0.390. The van der Waals surface area contributed by atoms with Crippen LogP contribution in [0.4, 0.5) is 0 Å². The van der Waals surface area contributed by atoms with Crippen LogP contribution in [0.15, 0.2) is 79.4 Å². The normalized spacial score (nSPS) is 13.9. The minimum Gasteiger partial charge on any atom is -0.488 e. The summed E-state index contributed by atoms with van der Waals surface area (Å²) in [6, 6.07) is 24.9. The van der Waals surface area contributed by atoms with Crippen LogP contribution in [0, 0.1) is 0 Å². The molecule has 154 valence electrons. The molecule has 2 heteroatoms. The molecule has 0 bridgehead atoms. The van der Waals surface area contributed by atoms with Crippen molar-refractivity contribution in [3.63, 3.8) is 0 Å². The molecule has 0 saturated heterocycles. The third-order valence-electron chi connectivity index (χ3n) is 5.84. The van der Waals surface area contributed by atoms with Gasteiger partial charge in [0.25, 0.3) is 0 Å². The van der Waals surface area contributed by atoms with E-state index in [-0.39, 0.29) is 0 Å². The van der Waals surface area contributed by atoms with Crippen molar-refractivity contribution < 1.29 is 9.47 Å². The average molecular weight is 399 g/mol. The van der Waals surface area contributed by atoms with Gasteiger partial charge in [-0.2, -0.15) is 0 Å². The molecule has 1 aliphatic rings. The Morgan fingerprint density at radius 1 is 0.800 bits per heavy atom. The van der Waals surface area contributed by atoms with Crippen molar-refractivity contribution in [2.45, 2.75) is 51.7 Å². The zero-order valence-electron chi connectivity index (χ0n) is 17.8. The first-order chi connectivity index (χ1) is 14.7. The van der Waals surface area contributed by atoms with Crippen LogP contribution in [0.1, 0.15) is 60.8 Å². The Labute approximate surface area is 180 Å². The van der Waals surface area contributed by atoms with Crippen molar-refractivity contribution in [2.24, 2.45) is 0 Å². The molecule has 1 fully saturated rings. The first kappa shape index (κ1) is 20.3. The van der Waals surface area contributed by atoms with Gasteiger partial charge in [0, 0.05) is 11.1 Å². The van der Waals surface area contributed by atoms with Crippen molar-refractivity contribution in [2.75, 3.05) is 0 Å². The fourth-order valence-corrected chi connectivity index (χ4v) is 4.27. The maximum atomic E-state index is 6.48. The lowest BCUT2D eigenvalue weighted by Crippen LogP contribution is -2.07. The van der Waals surface area contributed by atoms with Gasteiger partial charge in [-0.3, -0.25) is 0 Å².